The van der Waals surface area contributed by atoms with Gasteiger partial charge in [-0.05, 0) is 55.5 Å². The molecule has 0 heterocycles. The van der Waals surface area contributed by atoms with Crippen LogP contribution in [-0.2, 0) is 6.16 Å². The third kappa shape index (κ3) is 5.37. The summed E-state index contributed by atoms with van der Waals surface area (Å²) in [6, 6.07) is 34.8. The minimum atomic E-state index is -2.50. The van der Waals surface area contributed by atoms with Gasteiger partial charge in [0.2, 0.25) is 5.82 Å². The lowest BCUT2D eigenvalue weighted by Gasteiger charge is -2.28. The number of hydrogen-bond acceptors (Lipinski definition) is 1. The summed E-state index contributed by atoms with van der Waals surface area (Å²) in [5.41, 5.74) is -0.555. The van der Waals surface area contributed by atoms with Crippen molar-refractivity contribution in [3.05, 3.63) is 144 Å². The molecule has 0 spiro atoms. The zero-order valence-electron chi connectivity index (χ0n) is 21.6. The molecule has 40 heavy (non-hydrogen) atoms. The Labute approximate surface area is 238 Å². The van der Waals surface area contributed by atoms with Gasteiger partial charge in [0.05, 0.1) is 6.61 Å². The second-order valence-corrected chi connectivity index (χ2v) is 12.5. The van der Waals surface area contributed by atoms with Crippen LogP contribution < -0.4 is 33.1 Å². The Kier molecular flexibility index (Phi) is 9.29. The molecule has 0 aliphatic rings. The van der Waals surface area contributed by atoms with E-state index in [1.165, 1.54) is 24.3 Å². The van der Waals surface area contributed by atoms with Crippen molar-refractivity contribution in [2.45, 2.75) is 13.1 Å². The zero-order chi connectivity index (χ0) is 27.4. The van der Waals surface area contributed by atoms with E-state index in [-0.39, 0.29) is 47.6 Å². The second-order valence-electron chi connectivity index (χ2n) is 9.05. The largest absolute Gasteiger partial charge is 1.00 e. The molecule has 5 aromatic carbocycles. The maximum absolute atomic E-state index is 15.9. The van der Waals surface area contributed by atoms with E-state index in [1.54, 1.807) is 6.92 Å². The van der Waals surface area contributed by atoms with E-state index >= 15 is 8.78 Å². The van der Waals surface area contributed by atoms with Gasteiger partial charge in [0.1, 0.15) is 29.3 Å². The first-order valence-electron chi connectivity index (χ1n) is 12.6. The molecule has 5 aromatic rings. The molecule has 0 aliphatic heterocycles. The number of ether oxygens (including phenoxy) is 1. The van der Waals surface area contributed by atoms with Gasteiger partial charge in [-0.1, -0.05) is 66.7 Å². The fourth-order valence-corrected chi connectivity index (χ4v) is 9.19. The summed E-state index contributed by atoms with van der Waals surface area (Å²) in [7, 11) is -2.50. The van der Waals surface area contributed by atoms with Crippen molar-refractivity contribution in [2.75, 3.05) is 6.61 Å². The van der Waals surface area contributed by atoms with Crippen LogP contribution in [0.2, 0.25) is 0 Å². The summed E-state index contributed by atoms with van der Waals surface area (Å²) >= 11 is 0. The molecule has 0 N–H and O–H groups in total. The third-order valence-electron chi connectivity index (χ3n) is 6.80. The molecule has 0 aliphatic carbocycles. The van der Waals surface area contributed by atoms with Gasteiger partial charge in [-0.3, -0.25) is 0 Å². The van der Waals surface area contributed by atoms with Crippen molar-refractivity contribution in [3.8, 4) is 16.9 Å². The van der Waals surface area contributed by atoms with Crippen molar-refractivity contribution in [2.24, 2.45) is 0 Å². The lowest BCUT2D eigenvalue weighted by Crippen LogP contribution is -3.00. The summed E-state index contributed by atoms with van der Waals surface area (Å²) < 4.78 is 66.0. The Hall–Kier alpha value is -3.66. The predicted molar refractivity (Wildman–Crippen MR) is 152 cm³/mol. The molecule has 0 saturated carbocycles. The van der Waals surface area contributed by atoms with Crippen LogP contribution in [0.4, 0.5) is 17.6 Å². The number of hydrogen-bond donors (Lipinski definition) is 0. The normalized spacial score (nSPS) is 11.1. The van der Waals surface area contributed by atoms with E-state index in [0.717, 1.165) is 15.9 Å². The molecule has 204 valence electrons. The lowest BCUT2D eigenvalue weighted by molar-refractivity contribution is -0.0000101. The number of benzene rings is 5. The molecule has 0 atom stereocenters. The van der Waals surface area contributed by atoms with Gasteiger partial charge in [0.15, 0.2) is 23.2 Å². The lowest BCUT2D eigenvalue weighted by atomic mass is 10.0. The number of halogens is 5. The van der Waals surface area contributed by atoms with Crippen LogP contribution >= 0.6 is 7.26 Å². The molecule has 0 saturated heterocycles. The smallest absolute Gasteiger partial charge is 0.201 e. The average Bonchev–Trinajstić information content (AvgIpc) is 2.98. The van der Waals surface area contributed by atoms with Gasteiger partial charge in [-0.25, -0.2) is 13.2 Å². The molecule has 0 aromatic heterocycles. The summed E-state index contributed by atoms with van der Waals surface area (Å²) in [5.74, 6) is -5.10. The molecular weight excluding hydrogens is 555 g/mol. The Balaban J connectivity index is 0.00000370. The molecule has 0 bridgehead atoms. The molecular formula is C33H26ClF4OP. The standard InChI is InChI=1S/C33H26F4OP.ClH/c1-2-38-29-21-20-28(32(36)33(29)37)27-19-18-23(30(34)31(27)35)22-39(24-12-6-3-7-13-24,25-14-8-4-9-15-25)26-16-10-5-11-17-26;/h3-21H,2,22H2,1H3;1H/q+1;/p-1. The molecule has 0 radical (unpaired) electrons. The van der Waals surface area contributed by atoms with Crippen LogP contribution in [0.5, 0.6) is 5.75 Å². The van der Waals surface area contributed by atoms with Crippen molar-refractivity contribution in [1.82, 2.24) is 0 Å². The Bertz CT molecular complexity index is 1480. The van der Waals surface area contributed by atoms with Gasteiger partial charge in [-0.2, -0.15) is 4.39 Å². The highest BCUT2D eigenvalue weighted by Gasteiger charge is 2.46. The maximum atomic E-state index is 15.9. The van der Waals surface area contributed by atoms with E-state index in [0.29, 0.717) is 0 Å². The van der Waals surface area contributed by atoms with Crippen molar-refractivity contribution >= 4 is 23.2 Å². The summed E-state index contributed by atoms with van der Waals surface area (Å²) in [4.78, 5) is 0. The van der Waals surface area contributed by atoms with Gasteiger partial charge in [0, 0.05) is 16.7 Å². The van der Waals surface area contributed by atoms with Crippen LogP contribution in [0, 0.1) is 23.3 Å². The first-order chi connectivity index (χ1) is 19.0. The third-order valence-corrected chi connectivity index (χ3v) is 11.2. The monoisotopic (exact) mass is 580 g/mol. The van der Waals surface area contributed by atoms with E-state index in [9.17, 15) is 8.78 Å². The highest BCUT2D eigenvalue weighted by atomic mass is 35.5. The topological polar surface area (TPSA) is 9.23 Å². The van der Waals surface area contributed by atoms with E-state index in [2.05, 4.69) is 0 Å². The predicted octanol–water partition coefficient (Wildman–Crippen LogP) is 4.81. The molecule has 0 fully saturated rings. The first-order valence-corrected chi connectivity index (χ1v) is 14.6. The van der Waals surface area contributed by atoms with Gasteiger partial charge in [0.25, 0.3) is 0 Å². The summed E-state index contributed by atoms with van der Waals surface area (Å²) in [6.07, 6.45) is 0.203. The minimum Gasteiger partial charge on any atom is -1.00 e. The van der Waals surface area contributed by atoms with Crippen LogP contribution in [0.1, 0.15) is 12.5 Å². The average molecular weight is 581 g/mol. The van der Waals surface area contributed by atoms with Crippen molar-refractivity contribution in [3.63, 3.8) is 0 Å². The molecule has 7 heteroatoms. The molecule has 5 rings (SSSR count). The maximum Gasteiger partial charge on any atom is 0.201 e. The van der Waals surface area contributed by atoms with Crippen molar-refractivity contribution in [1.29, 1.82) is 0 Å². The summed E-state index contributed by atoms with van der Waals surface area (Å²) in [5, 5.41) is 3.06. The SMILES string of the molecule is CCOc1ccc(-c2ccc(C[P+](c3ccccc3)(c3ccccc3)c3ccccc3)c(F)c2F)c(F)c1F.[Cl-]. The van der Waals surface area contributed by atoms with Crippen molar-refractivity contribution < 1.29 is 34.7 Å². The van der Waals surface area contributed by atoms with E-state index in [1.807, 2.05) is 91.0 Å². The van der Waals surface area contributed by atoms with Gasteiger partial charge >= 0.3 is 0 Å². The first kappa shape index (κ1) is 29.3. The van der Waals surface area contributed by atoms with Gasteiger partial charge < -0.3 is 17.1 Å². The minimum absolute atomic E-state index is 0. The highest BCUT2D eigenvalue weighted by molar-refractivity contribution is 7.95. The van der Waals surface area contributed by atoms with Crippen LogP contribution in [-0.4, -0.2) is 6.61 Å². The molecule has 0 unspecified atom stereocenters. The van der Waals surface area contributed by atoms with E-state index < -0.39 is 30.5 Å². The Morgan fingerprint density at radius 1 is 0.525 bits per heavy atom. The second kappa shape index (κ2) is 12.7. The Morgan fingerprint density at radius 2 is 0.950 bits per heavy atom. The van der Waals surface area contributed by atoms with Gasteiger partial charge in [-0.15, -0.1) is 0 Å². The molecule has 0 amide bonds. The van der Waals surface area contributed by atoms with E-state index in [4.69, 9.17) is 4.74 Å². The fourth-order valence-electron chi connectivity index (χ4n) is 4.95. The highest BCUT2D eigenvalue weighted by Crippen LogP contribution is 2.58. The summed E-state index contributed by atoms with van der Waals surface area (Å²) in [6.45, 7) is 1.78. The van der Waals surface area contributed by atoms with Crippen LogP contribution in [0.15, 0.2) is 115 Å². The van der Waals surface area contributed by atoms with Crippen LogP contribution in [0.3, 0.4) is 0 Å². The quantitative estimate of drug-likeness (QED) is 0.189. The fraction of sp³-hybridized carbons (Fsp3) is 0.0909. The van der Waals surface area contributed by atoms with Crippen LogP contribution in [0.25, 0.3) is 11.1 Å². The molecule has 1 nitrogen and oxygen atoms in total. The number of rotatable bonds is 8. The Morgan fingerprint density at radius 3 is 1.40 bits per heavy atom. The zero-order valence-corrected chi connectivity index (χ0v) is 23.3.